The molecule has 3 heterocycles. The second kappa shape index (κ2) is 7.63. The predicted molar refractivity (Wildman–Crippen MR) is 104 cm³/mol. The second-order valence-corrected chi connectivity index (χ2v) is 7.58. The zero-order valence-electron chi connectivity index (χ0n) is 15.2. The van der Waals surface area contributed by atoms with Gasteiger partial charge in [-0.1, -0.05) is 29.5 Å². The maximum atomic E-state index is 5.90. The minimum Gasteiger partial charge on any atom is -0.492 e. The summed E-state index contributed by atoms with van der Waals surface area (Å²) in [5.74, 6) is 0.897. The number of hydrogen-bond donors (Lipinski definition) is 0. The monoisotopic (exact) mass is 372 g/mol. The van der Waals surface area contributed by atoms with Gasteiger partial charge in [0.2, 0.25) is 0 Å². The molecule has 7 heteroatoms. The van der Waals surface area contributed by atoms with E-state index in [1.165, 1.54) is 0 Å². The first kappa shape index (κ1) is 17.3. The topological polar surface area (TPSA) is 52.4 Å². The Balaban J connectivity index is 1.50. The van der Waals surface area contributed by atoms with Gasteiger partial charge in [0.25, 0.3) is 0 Å². The molecule has 0 radical (unpaired) electrons. The van der Waals surface area contributed by atoms with Crippen LogP contribution in [-0.2, 0) is 11.8 Å². The maximum absolute atomic E-state index is 5.90. The molecule has 138 valence electrons. The van der Waals surface area contributed by atoms with E-state index < -0.39 is 0 Å². The van der Waals surface area contributed by atoms with Gasteiger partial charge in [-0.25, -0.2) is 9.67 Å². The first-order valence-electron chi connectivity index (χ1n) is 9.05. The molecule has 1 aromatic carbocycles. The van der Waals surface area contributed by atoms with Crippen LogP contribution in [0.3, 0.4) is 0 Å². The molecule has 0 bridgehead atoms. The Bertz CT molecular complexity index is 821. The molecule has 0 N–H and O–H groups in total. The molecule has 0 amide bonds. The normalized spacial score (nSPS) is 17.1. The highest BCUT2D eigenvalue weighted by molar-refractivity contribution is 7.22. The summed E-state index contributed by atoms with van der Waals surface area (Å²) in [5, 5.41) is 5.47. The number of thiazole rings is 1. The fourth-order valence-corrected chi connectivity index (χ4v) is 4.37. The van der Waals surface area contributed by atoms with Gasteiger partial charge in [-0.05, 0) is 31.9 Å². The molecule has 1 fully saturated rings. The predicted octanol–water partition coefficient (Wildman–Crippen LogP) is 3.40. The molecule has 1 aliphatic heterocycles. The first-order valence-corrected chi connectivity index (χ1v) is 9.87. The molecule has 0 aliphatic carbocycles. The van der Waals surface area contributed by atoms with Crippen LogP contribution in [0.1, 0.15) is 18.5 Å². The molecule has 0 unspecified atom stereocenters. The zero-order chi connectivity index (χ0) is 17.9. The average Bonchev–Trinajstić information content (AvgIpc) is 3.35. The first-order chi connectivity index (χ1) is 12.7. The number of nitrogens with zero attached hydrogens (tertiary/aromatic N) is 4. The van der Waals surface area contributed by atoms with Gasteiger partial charge in [-0.2, -0.15) is 5.10 Å². The van der Waals surface area contributed by atoms with Crippen LogP contribution in [-0.4, -0.2) is 47.2 Å². The molecule has 3 aromatic rings. The van der Waals surface area contributed by atoms with Crippen molar-refractivity contribution in [2.75, 3.05) is 31.2 Å². The molecule has 26 heavy (non-hydrogen) atoms. The van der Waals surface area contributed by atoms with Crippen molar-refractivity contribution in [2.24, 2.45) is 7.05 Å². The van der Waals surface area contributed by atoms with E-state index in [4.69, 9.17) is 14.5 Å². The van der Waals surface area contributed by atoms with E-state index in [-0.39, 0.29) is 6.10 Å². The SMILES string of the molecule is Cc1nn(C)c2nc(N(CCOc3ccccc3)C[C@H]3CCCO3)sc12. The van der Waals surface area contributed by atoms with Crippen LogP contribution in [0.25, 0.3) is 10.3 Å². The third-order valence-electron chi connectivity index (χ3n) is 4.62. The Morgan fingerprint density at radius 3 is 2.92 bits per heavy atom. The summed E-state index contributed by atoms with van der Waals surface area (Å²) in [4.78, 5) is 7.13. The van der Waals surface area contributed by atoms with E-state index in [2.05, 4.69) is 10.00 Å². The van der Waals surface area contributed by atoms with Gasteiger partial charge in [-0.3, -0.25) is 0 Å². The Hall–Kier alpha value is -2.12. The van der Waals surface area contributed by atoms with Crippen molar-refractivity contribution in [3.63, 3.8) is 0 Å². The van der Waals surface area contributed by atoms with E-state index >= 15 is 0 Å². The highest BCUT2D eigenvalue weighted by Gasteiger charge is 2.23. The van der Waals surface area contributed by atoms with Crippen molar-refractivity contribution >= 4 is 26.8 Å². The largest absolute Gasteiger partial charge is 0.492 e. The Labute approximate surface area is 157 Å². The second-order valence-electron chi connectivity index (χ2n) is 6.60. The third-order valence-corrected chi connectivity index (χ3v) is 5.84. The summed E-state index contributed by atoms with van der Waals surface area (Å²) >= 11 is 1.70. The third kappa shape index (κ3) is 3.68. The lowest BCUT2D eigenvalue weighted by atomic mass is 10.2. The summed E-state index contributed by atoms with van der Waals surface area (Å²) in [7, 11) is 1.95. The summed E-state index contributed by atoms with van der Waals surface area (Å²) in [6, 6.07) is 9.94. The summed E-state index contributed by atoms with van der Waals surface area (Å²) < 4.78 is 14.8. The summed E-state index contributed by atoms with van der Waals surface area (Å²) in [6.07, 6.45) is 2.53. The molecule has 1 saturated heterocycles. The van der Waals surface area contributed by atoms with Gasteiger partial charge in [-0.15, -0.1) is 0 Å². The Kier molecular flexibility index (Phi) is 5.08. The number of fused-ring (bicyclic) bond motifs is 1. The van der Waals surface area contributed by atoms with Crippen LogP contribution in [0.15, 0.2) is 30.3 Å². The summed E-state index contributed by atoms with van der Waals surface area (Å²) in [6.45, 7) is 5.14. The van der Waals surface area contributed by atoms with Gasteiger partial charge in [0.1, 0.15) is 12.4 Å². The number of hydrogen-bond acceptors (Lipinski definition) is 6. The van der Waals surface area contributed by atoms with E-state index in [9.17, 15) is 0 Å². The fraction of sp³-hybridized carbons (Fsp3) is 0.474. The number of para-hydroxylation sites is 1. The van der Waals surface area contributed by atoms with Crippen LogP contribution in [0.5, 0.6) is 5.75 Å². The zero-order valence-corrected chi connectivity index (χ0v) is 16.0. The van der Waals surface area contributed by atoms with Crippen molar-refractivity contribution in [3.8, 4) is 5.75 Å². The van der Waals surface area contributed by atoms with Gasteiger partial charge < -0.3 is 14.4 Å². The highest BCUT2D eigenvalue weighted by Crippen LogP contribution is 2.31. The molecule has 6 nitrogen and oxygen atoms in total. The molecule has 4 rings (SSSR count). The molecule has 1 aliphatic rings. The van der Waals surface area contributed by atoms with Crippen LogP contribution in [0.4, 0.5) is 5.13 Å². The molecular formula is C19H24N4O2S. The quantitative estimate of drug-likeness (QED) is 0.636. The molecule has 0 saturated carbocycles. The van der Waals surface area contributed by atoms with Gasteiger partial charge in [0.05, 0.1) is 23.0 Å². The summed E-state index contributed by atoms with van der Waals surface area (Å²) in [5.41, 5.74) is 1.98. The van der Waals surface area contributed by atoms with Crippen molar-refractivity contribution in [3.05, 3.63) is 36.0 Å². The van der Waals surface area contributed by atoms with Crippen LogP contribution in [0.2, 0.25) is 0 Å². The molecule has 0 spiro atoms. The molecular weight excluding hydrogens is 348 g/mol. The lowest BCUT2D eigenvalue weighted by Crippen LogP contribution is -2.35. The van der Waals surface area contributed by atoms with Crippen LogP contribution in [0, 0.1) is 6.92 Å². The lowest BCUT2D eigenvalue weighted by Gasteiger charge is -2.24. The molecule has 1 atom stereocenters. The number of benzene rings is 1. The van der Waals surface area contributed by atoms with Crippen molar-refractivity contribution in [1.82, 2.24) is 14.8 Å². The minimum atomic E-state index is 0.276. The number of aryl methyl sites for hydroxylation is 2. The minimum absolute atomic E-state index is 0.276. The van der Waals surface area contributed by atoms with Crippen LogP contribution >= 0.6 is 11.3 Å². The number of aromatic nitrogens is 3. The van der Waals surface area contributed by atoms with Gasteiger partial charge in [0.15, 0.2) is 10.8 Å². The van der Waals surface area contributed by atoms with Crippen LogP contribution < -0.4 is 9.64 Å². The lowest BCUT2D eigenvalue weighted by molar-refractivity contribution is 0.115. The maximum Gasteiger partial charge on any atom is 0.188 e. The average molecular weight is 372 g/mol. The standard InChI is InChI=1S/C19H24N4O2S/c1-14-17-18(22(2)21-14)20-19(26-17)23(13-16-9-6-11-24-16)10-12-25-15-7-4-3-5-8-15/h3-5,7-8,16H,6,9-13H2,1-2H3/t16-/m1/s1. The highest BCUT2D eigenvalue weighted by atomic mass is 32.1. The number of rotatable bonds is 7. The van der Waals surface area contributed by atoms with E-state index in [1.807, 2.05) is 49.0 Å². The van der Waals surface area contributed by atoms with E-state index in [1.54, 1.807) is 11.3 Å². The Morgan fingerprint density at radius 1 is 1.35 bits per heavy atom. The van der Waals surface area contributed by atoms with Crippen molar-refractivity contribution < 1.29 is 9.47 Å². The smallest absolute Gasteiger partial charge is 0.188 e. The van der Waals surface area contributed by atoms with Crippen molar-refractivity contribution in [2.45, 2.75) is 25.9 Å². The van der Waals surface area contributed by atoms with E-state index in [0.29, 0.717) is 6.61 Å². The number of ether oxygens (including phenoxy) is 2. The van der Waals surface area contributed by atoms with Gasteiger partial charge >= 0.3 is 0 Å². The Morgan fingerprint density at radius 2 is 2.19 bits per heavy atom. The van der Waals surface area contributed by atoms with Gasteiger partial charge in [0, 0.05) is 20.2 Å². The number of anilines is 1. The fourth-order valence-electron chi connectivity index (χ4n) is 3.30. The molecule has 2 aromatic heterocycles. The van der Waals surface area contributed by atoms with Crippen molar-refractivity contribution in [1.29, 1.82) is 0 Å². The van der Waals surface area contributed by atoms with E-state index in [0.717, 1.165) is 59.5 Å².